The van der Waals surface area contributed by atoms with Gasteiger partial charge in [0.05, 0.1) is 4.91 Å². The van der Waals surface area contributed by atoms with Gasteiger partial charge in [-0.1, -0.05) is 0 Å². The van der Waals surface area contributed by atoms with E-state index in [1.807, 2.05) is 0 Å². The lowest BCUT2D eigenvalue weighted by atomic mass is 10.4. The van der Waals surface area contributed by atoms with Crippen molar-refractivity contribution in [2.45, 2.75) is 6.92 Å². The molecule has 0 atom stereocenters. The third-order valence-corrected chi connectivity index (χ3v) is 2.71. The fourth-order valence-corrected chi connectivity index (χ4v) is 1.95. The van der Waals surface area contributed by atoms with Gasteiger partial charge in [0.15, 0.2) is 0 Å². The van der Waals surface area contributed by atoms with E-state index in [0.29, 0.717) is 29.3 Å². The van der Waals surface area contributed by atoms with Crippen LogP contribution in [0, 0.1) is 0 Å². The molecule has 7 nitrogen and oxygen atoms in total. The molecule has 0 radical (unpaired) electrons. The third-order valence-electron chi connectivity index (χ3n) is 1.80. The van der Waals surface area contributed by atoms with Gasteiger partial charge in [-0.2, -0.15) is 0 Å². The molecule has 0 saturated carbocycles. The number of aliphatic carboxylic acids is 1. The van der Waals surface area contributed by atoms with Crippen LogP contribution < -0.4 is 5.32 Å². The molecule has 1 heterocycles. The van der Waals surface area contributed by atoms with Crippen LogP contribution in [0.2, 0.25) is 0 Å². The summed E-state index contributed by atoms with van der Waals surface area (Å²) < 4.78 is 0. The normalized spacial score (nSPS) is 17.7. The summed E-state index contributed by atoms with van der Waals surface area (Å²) in [5.74, 6) is -2.53. The topological polar surface area (TPSA) is 104 Å². The highest BCUT2D eigenvalue weighted by Crippen LogP contribution is 2.29. The molecule has 17 heavy (non-hydrogen) atoms. The van der Waals surface area contributed by atoms with Crippen molar-refractivity contribution in [3.05, 3.63) is 11.0 Å². The van der Waals surface area contributed by atoms with Gasteiger partial charge in [0.25, 0.3) is 11.1 Å². The second-order valence-corrected chi connectivity index (χ2v) is 4.05. The van der Waals surface area contributed by atoms with Gasteiger partial charge in [-0.3, -0.25) is 19.3 Å². The summed E-state index contributed by atoms with van der Waals surface area (Å²) in [5.41, 5.74) is 0. The maximum atomic E-state index is 11.6. The Kier molecular flexibility index (Phi) is 4.27. The lowest BCUT2D eigenvalue weighted by Crippen LogP contribution is -2.39. The molecule has 92 valence electrons. The average Bonchev–Trinajstić information content (AvgIpc) is 2.45. The molecule has 0 spiro atoms. The summed E-state index contributed by atoms with van der Waals surface area (Å²) in [6.45, 7) is 1.70. The van der Waals surface area contributed by atoms with Crippen LogP contribution in [0.3, 0.4) is 0 Å². The zero-order chi connectivity index (χ0) is 13.0. The highest BCUT2D eigenvalue weighted by atomic mass is 32.2. The lowest BCUT2D eigenvalue weighted by molar-refractivity contribution is -0.132. The summed E-state index contributed by atoms with van der Waals surface area (Å²) in [6, 6.07) is 0. The standard InChI is InChI=1S/C9H10N2O5S/c1-2-10-6(12)4-11-8(15)5(3-7(13)14)17-9(11)16/h3H,2,4H2,1H3,(H,10,12)(H,13,14)/b5-3+. The first-order valence-electron chi connectivity index (χ1n) is 4.70. The minimum absolute atomic E-state index is 0.188. The number of carbonyl (C=O) groups is 4. The molecule has 1 saturated heterocycles. The van der Waals surface area contributed by atoms with Crippen LogP contribution >= 0.6 is 11.8 Å². The van der Waals surface area contributed by atoms with E-state index in [4.69, 9.17) is 5.11 Å². The monoisotopic (exact) mass is 258 g/mol. The van der Waals surface area contributed by atoms with Crippen LogP contribution in [0.15, 0.2) is 11.0 Å². The van der Waals surface area contributed by atoms with Crippen molar-refractivity contribution in [2.75, 3.05) is 13.1 Å². The highest BCUT2D eigenvalue weighted by Gasteiger charge is 2.36. The fourth-order valence-electron chi connectivity index (χ4n) is 1.15. The van der Waals surface area contributed by atoms with E-state index in [0.717, 1.165) is 0 Å². The number of carboxylic acid groups (broad SMARTS) is 1. The van der Waals surface area contributed by atoms with Crippen LogP contribution in [0.1, 0.15) is 6.92 Å². The molecule has 0 bridgehead atoms. The Balaban J connectivity index is 2.76. The number of hydrogen-bond donors (Lipinski definition) is 2. The first-order chi connectivity index (χ1) is 7.95. The first-order valence-corrected chi connectivity index (χ1v) is 5.52. The van der Waals surface area contributed by atoms with Gasteiger partial charge in [-0.05, 0) is 18.7 Å². The summed E-state index contributed by atoms with van der Waals surface area (Å²) in [5, 5.41) is 10.3. The molecule has 0 aromatic rings. The molecule has 0 unspecified atom stereocenters. The van der Waals surface area contributed by atoms with E-state index in [1.54, 1.807) is 6.92 Å². The minimum Gasteiger partial charge on any atom is -0.478 e. The van der Waals surface area contributed by atoms with E-state index >= 15 is 0 Å². The molecule has 1 rings (SSSR count). The first kappa shape index (κ1) is 13.2. The number of amides is 3. The summed E-state index contributed by atoms with van der Waals surface area (Å²) >= 11 is 0.508. The Hall–Kier alpha value is -1.83. The number of nitrogens with one attached hydrogen (secondary N) is 1. The summed E-state index contributed by atoms with van der Waals surface area (Å²) in [7, 11) is 0. The summed E-state index contributed by atoms with van der Waals surface area (Å²) in [4.78, 5) is 45.1. The van der Waals surface area contributed by atoms with Gasteiger partial charge in [0.2, 0.25) is 5.91 Å². The number of nitrogens with zero attached hydrogens (tertiary/aromatic N) is 1. The smallest absolute Gasteiger partial charge is 0.329 e. The zero-order valence-electron chi connectivity index (χ0n) is 8.93. The summed E-state index contributed by atoms with van der Waals surface area (Å²) in [6.07, 6.45) is 0.655. The third kappa shape index (κ3) is 3.31. The molecule has 8 heteroatoms. The number of imide groups is 1. The molecule has 1 aliphatic rings. The van der Waals surface area contributed by atoms with Crippen LogP contribution in [0.4, 0.5) is 4.79 Å². The van der Waals surface area contributed by atoms with Gasteiger partial charge in [0.1, 0.15) is 6.54 Å². The second kappa shape index (κ2) is 5.48. The van der Waals surface area contributed by atoms with Crippen LogP contribution in [0.5, 0.6) is 0 Å². The molecule has 3 amide bonds. The van der Waals surface area contributed by atoms with Crippen molar-refractivity contribution in [3.8, 4) is 0 Å². The Morgan fingerprint density at radius 2 is 2.12 bits per heavy atom. The minimum atomic E-state index is -1.31. The molecular weight excluding hydrogens is 248 g/mol. The van der Waals surface area contributed by atoms with Gasteiger partial charge >= 0.3 is 5.97 Å². The van der Waals surface area contributed by atoms with E-state index in [2.05, 4.69) is 5.32 Å². The Morgan fingerprint density at radius 3 is 2.65 bits per heavy atom. The van der Waals surface area contributed by atoms with Crippen molar-refractivity contribution in [1.82, 2.24) is 10.2 Å². The van der Waals surface area contributed by atoms with Crippen LogP contribution in [-0.2, 0) is 14.4 Å². The van der Waals surface area contributed by atoms with E-state index in [9.17, 15) is 19.2 Å². The van der Waals surface area contributed by atoms with Gasteiger partial charge < -0.3 is 10.4 Å². The van der Waals surface area contributed by atoms with Crippen molar-refractivity contribution in [3.63, 3.8) is 0 Å². The number of thioether (sulfide) groups is 1. The Morgan fingerprint density at radius 1 is 1.47 bits per heavy atom. The number of likely N-dealkylation sites (N-methyl/N-ethyl adjacent to an activating group) is 1. The second-order valence-electron chi connectivity index (χ2n) is 3.06. The molecule has 2 N–H and O–H groups in total. The predicted molar refractivity (Wildman–Crippen MR) is 59.1 cm³/mol. The predicted octanol–water partition coefficient (Wildman–Crippen LogP) is -0.214. The zero-order valence-corrected chi connectivity index (χ0v) is 9.74. The lowest BCUT2D eigenvalue weighted by Gasteiger charge is -2.11. The Bertz CT molecular complexity index is 418. The SMILES string of the molecule is CCNC(=O)CN1C(=O)S/C(=C/C(=O)O)C1=O. The van der Waals surface area contributed by atoms with Crippen molar-refractivity contribution in [2.24, 2.45) is 0 Å². The maximum Gasteiger partial charge on any atom is 0.329 e. The molecule has 0 aliphatic carbocycles. The number of carboxylic acids is 1. The molecule has 0 aromatic carbocycles. The number of carbonyl (C=O) groups excluding carboxylic acids is 3. The quantitative estimate of drug-likeness (QED) is 0.676. The molecular formula is C9H10N2O5S. The fraction of sp³-hybridized carbons (Fsp3) is 0.333. The Labute approximate surface area is 101 Å². The van der Waals surface area contributed by atoms with E-state index < -0.39 is 29.6 Å². The van der Waals surface area contributed by atoms with E-state index in [1.165, 1.54) is 0 Å². The van der Waals surface area contributed by atoms with Crippen molar-refractivity contribution in [1.29, 1.82) is 0 Å². The number of rotatable bonds is 4. The molecule has 0 aromatic heterocycles. The van der Waals surface area contributed by atoms with Gasteiger partial charge in [0, 0.05) is 12.6 Å². The highest BCUT2D eigenvalue weighted by molar-refractivity contribution is 8.18. The molecule has 1 fully saturated rings. The van der Waals surface area contributed by atoms with E-state index in [-0.39, 0.29) is 4.91 Å². The van der Waals surface area contributed by atoms with Crippen molar-refractivity contribution < 1.29 is 24.3 Å². The van der Waals surface area contributed by atoms with Crippen molar-refractivity contribution >= 4 is 34.8 Å². The largest absolute Gasteiger partial charge is 0.478 e. The van der Waals surface area contributed by atoms with Gasteiger partial charge in [-0.15, -0.1) is 0 Å². The number of hydrogen-bond acceptors (Lipinski definition) is 5. The van der Waals surface area contributed by atoms with Gasteiger partial charge in [-0.25, -0.2) is 4.79 Å². The van der Waals surface area contributed by atoms with Crippen LogP contribution in [0.25, 0.3) is 0 Å². The maximum absolute atomic E-state index is 11.6. The molecule has 1 aliphatic heterocycles. The average molecular weight is 258 g/mol. The van der Waals surface area contributed by atoms with Crippen LogP contribution in [-0.4, -0.2) is 46.1 Å².